The Morgan fingerprint density at radius 3 is 2.26 bits per heavy atom. The second-order valence-corrected chi connectivity index (χ2v) is 4.04. The lowest BCUT2D eigenvalue weighted by Crippen LogP contribution is -2.12. The van der Waals surface area contributed by atoms with Crippen LogP contribution in [0.4, 0.5) is 0 Å². The number of benzene rings is 1. The Balaban J connectivity index is 2.96. The first kappa shape index (κ1) is 14.9. The van der Waals surface area contributed by atoms with Crippen LogP contribution in [0.5, 0.6) is 0 Å². The summed E-state index contributed by atoms with van der Waals surface area (Å²) in [5.41, 5.74) is 1.34. The molecule has 0 unspecified atom stereocenters. The van der Waals surface area contributed by atoms with E-state index in [0.29, 0.717) is 0 Å². The van der Waals surface area contributed by atoms with Gasteiger partial charge in [0.25, 0.3) is 0 Å². The summed E-state index contributed by atoms with van der Waals surface area (Å²) in [6, 6.07) is 4.90. The predicted octanol–water partition coefficient (Wildman–Crippen LogP) is 1.92. The van der Waals surface area contributed by atoms with Gasteiger partial charge in [0.1, 0.15) is 0 Å². The minimum atomic E-state index is -0.565. The third-order valence-electron chi connectivity index (χ3n) is 2.66. The van der Waals surface area contributed by atoms with Crippen molar-refractivity contribution in [3.05, 3.63) is 34.9 Å². The molecule has 0 bridgehead atoms. The van der Waals surface area contributed by atoms with Crippen LogP contribution in [0.3, 0.4) is 0 Å². The third-order valence-corrected chi connectivity index (χ3v) is 2.66. The van der Waals surface area contributed by atoms with Gasteiger partial charge >= 0.3 is 11.9 Å². The van der Waals surface area contributed by atoms with Crippen LogP contribution in [0.1, 0.15) is 39.1 Å². The van der Waals surface area contributed by atoms with Crippen molar-refractivity contribution < 1.29 is 23.9 Å². The van der Waals surface area contributed by atoms with E-state index in [1.54, 1.807) is 18.2 Å². The molecule has 0 N–H and O–H groups in total. The Hall–Kier alpha value is -2.17. The van der Waals surface area contributed by atoms with Gasteiger partial charge < -0.3 is 9.47 Å². The largest absolute Gasteiger partial charge is 0.469 e. The van der Waals surface area contributed by atoms with Gasteiger partial charge in [-0.15, -0.1) is 0 Å². The number of esters is 2. The number of Topliss-reactive ketones (excluding diaryl/α,β-unsaturated/α-hetero) is 1. The minimum Gasteiger partial charge on any atom is -0.469 e. The lowest BCUT2D eigenvalue weighted by atomic mass is 9.98. The number of carbonyl (C=O) groups is 3. The van der Waals surface area contributed by atoms with E-state index in [4.69, 9.17) is 0 Å². The number of carbonyl (C=O) groups excluding carboxylic acids is 3. The van der Waals surface area contributed by atoms with Gasteiger partial charge in [-0.2, -0.15) is 0 Å². The Labute approximate surface area is 111 Å². The van der Waals surface area contributed by atoms with Crippen LogP contribution in [0.2, 0.25) is 0 Å². The fourth-order valence-corrected chi connectivity index (χ4v) is 1.63. The molecule has 5 heteroatoms. The molecule has 0 aliphatic heterocycles. The lowest BCUT2D eigenvalue weighted by Gasteiger charge is -2.08. The molecule has 0 saturated heterocycles. The highest BCUT2D eigenvalue weighted by molar-refractivity contribution is 6.07. The van der Waals surface area contributed by atoms with Crippen molar-refractivity contribution in [3.8, 4) is 0 Å². The van der Waals surface area contributed by atoms with E-state index in [9.17, 15) is 14.4 Å². The summed E-state index contributed by atoms with van der Waals surface area (Å²) in [5.74, 6) is -1.31. The molecule has 1 aromatic carbocycles. The first-order valence-corrected chi connectivity index (χ1v) is 5.78. The van der Waals surface area contributed by atoms with E-state index in [1.807, 2.05) is 6.92 Å². The summed E-state index contributed by atoms with van der Waals surface area (Å²) in [5, 5.41) is 0. The first-order chi connectivity index (χ1) is 8.99. The summed E-state index contributed by atoms with van der Waals surface area (Å²) >= 11 is 0. The van der Waals surface area contributed by atoms with E-state index in [-0.39, 0.29) is 29.8 Å². The number of rotatable bonds is 5. The smallest absolute Gasteiger partial charge is 0.338 e. The van der Waals surface area contributed by atoms with Crippen molar-refractivity contribution in [3.63, 3.8) is 0 Å². The molecule has 1 aromatic rings. The van der Waals surface area contributed by atoms with E-state index in [1.165, 1.54) is 14.2 Å². The molecule has 102 valence electrons. The highest BCUT2D eigenvalue weighted by atomic mass is 16.5. The molecule has 0 aliphatic carbocycles. The minimum absolute atomic E-state index is 0.000269. The van der Waals surface area contributed by atoms with Crippen LogP contribution in [-0.4, -0.2) is 31.9 Å². The fourth-order valence-electron chi connectivity index (χ4n) is 1.63. The zero-order valence-corrected chi connectivity index (χ0v) is 11.2. The number of hydrogen-bond donors (Lipinski definition) is 0. The molecule has 0 aliphatic rings. The average molecular weight is 264 g/mol. The zero-order valence-electron chi connectivity index (χ0n) is 11.2. The van der Waals surface area contributed by atoms with Crippen molar-refractivity contribution in [2.75, 3.05) is 14.2 Å². The average Bonchev–Trinajstić information content (AvgIpc) is 2.43. The fraction of sp³-hybridized carbons (Fsp3) is 0.357. The molecule has 19 heavy (non-hydrogen) atoms. The van der Waals surface area contributed by atoms with Crippen molar-refractivity contribution in [1.82, 2.24) is 0 Å². The summed E-state index contributed by atoms with van der Waals surface area (Å²) in [6.07, 6.45) is -0.0104. The van der Waals surface area contributed by atoms with Crippen LogP contribution >= 0.6 is 0 Å². The summed E-state index contributed by atoms with van der Waals surface area (Å²) in [6.45, 7) is 1.81. The number of ketones is 1. The molecule has 1 rings (SSSR count). The van der Waals surface area contributed by atoms with Crippen LogP contribution in [-0.2, 0) is 14.3 Å². The molecular weight excluding hydrogens is 248 g/mol. The Morgan fingerprint density at radius 2 is 1.68 bits per heavy atom. The van der Waals surface area contributed by atoms with E-state index in [2.05, 4.69) is 9.47 Å². The Kier molecular flexibility index (Phi) is 5.23. The molecule has 0 heterocycles. The van der Waals surface area contributed by atoms with Gasteiger partial charge in [-0.3, -0.25) is 9.59 Å². The second-order valence-electron chi connectivity index (χ2n) is 4.04. The summed E-state index contributed by atoms with van der Waals surface area (Å²) < 4.78 is 9.12. The van der Waals surface area contributed by atoms with Crippen molar-refractivity contribution in [2.24, 2.45) is 0 Å². The number of methoxy groups -OCH3 is 2. The summed E-state index contributed by atoms with van der Waals surface area (Å²) in [7, 11) is 2.52. The molecule has 0 radical (unpaired) electrons. The maximum Gasteiger partial charge on any atom is 0.338 e. The molecule has 0 aromatic heterocycles. The zero-order chi connectivity index (χ0) is 14.4. The topological polar surface area (TPSA) is 69.7 Å². The molecule has 0 spiro atoms. The van der Waals surface area contributed by atoms with Gasteiger partial charge in [-0.05, 0) is 13.0 Å². The third kappa shape index (κ3) is 3.91. The van der Waals surface area contributed by atoms with Gasteiger partial charge in [0.05, 0.1) is 26.2 Å². The monoisotopic (exact) mass is 264 g/mol. The molecule has 0 saturated carbocycles. The Morgan fingerprint density at radius 1 is 1.00 bits per heavy atom. The maximum atomic E-state index is 12.0. The quantitative estimate of drug-likeness (QED) is 0.600. The second kappa shape index (κ2) is 6.68. The van der Waals surface area contributed by atoms with Gasteiger partial charge in [0, 0.05) is 12.0 Å². The highest BCUT2D eigenvalue weighted by Crippen LogP contribution is 2.16. The van der Waals surface area contributed by atoms with Crippen LogP contribution < -0.4 is 0 Å². The standard InChI is InChI=1S/C14H16O5/c1-9-4-5-10(11(8-9)14(17)19-3)12(15)6-7-13(16)18-2/h4-5,8H,6-7H2,1-3H3. The highest BCUT2D eigenvalue weighted by Gasteiger charge is 2.18. The summed E-state index contributed by atoms with van der Waals surface area (Å²) in [4.78, 5) is 34.6. The number of aryl methyl sites for hydroxylation is 1. The van der Waals surface area contributed by atoms with Crippen molar-refractivity contribution in [2.45, 2.75) is 19.8 Å². The van der Waals surface area contributed by atoms with E-state index >= 15 is 0 Å². The SMILES string of the molecule is COC(=O)CCC(=O)c1ccc(C)cc1C(=O)OC. The van der Waals surface area contributed by atoms with Crippen molar-refractivity contribution >= 4 is 17.7 Å². The van der Waals surface area contributed by atoms with E-state index in [0.717, 1.165) is 5.56 Å². The molecule has 0 amide bonds. The molecule has 0 fully saturated rings. The van der Waals surface area contributed by atoms with Gasteiger partial charge in [-0.25, -0.2) is 4.79 Å². The molecular formula is C14H16O5. The van der Waals surface area contributed by atoms with Crippen LogP contribution in [0.25, 0.3) is 0 Å². The first-order valence-electron chi connectivity index (χ1n) is 5.78. The Bertz CT molecular complexity index is 505. The van der Waals surface area contributed by atoms with Gasteiger partial charge in [0.2, 0.25) is 0 Å². The predicted molar refractivity (Wildman–Crippen MR) is 68.1 cm³/mol. The van der Waals surface area contributed by atoms with Crippen LogP contribution in [0.15, 0.2) is 18.2 Å². The van der Waals surface area contributed by atoms with Crippen molar-refractivity contribution in [1.29, 1.82) is 0 Å². The van der Waals surface area contributed by atoms with Gasteiger partial charge in [-0.1, -0.05) is 17.7 Å². The number of ether oxygens (including phenoxy) is 2. The van der Waals surface area contributed by atoms with E-state index < -0.39 is 11.9 Å². The maximum absolute atomic E-state index is 12.0. The normalized spacial score (nSPS) is 9.84. The molecule has 5 nitrogen and oxygen atoms in total. The lowest BCUT2D eigenvalue weighted by molar-refractivity contribution is -0.140. The van der Waals surface area contributed by atoms with Gasteiger partial charge in [0.15, 0.2) is 5.78 Å². The van der Waals surface area contributed by atoms with Crippen LogP contribution in [0, 0.1) is 6.92 Å². The molecule has 0 atom stereocenters. The number of hydrogen-bond acceptors (Lipinski definition) is 5.